The molecule has 84 valence electrons. The summed E-state index contributed by atoms with van der Waals surface area (Å²) in [6.07, 6.45) is 0. The van der Waals surface area contributed by atoms with Gasteiger partial charge >= 0.3 is 0 Å². The maximum atomic E-state index is 4.95. The van der Waals surface area contributed by atoms with Crippen molar-refractivity contribution < 1.29 is 4.74 Å². The van der Waals surface area contributed by atoms with Crippen LogP contribution < -0.4 is 5.32 Å². The zero-order valence-electron chi connectivity index (χ0n) is 9.32. The molecule has 0 aliphatic heterocycles. The van der Waals surface area contributed by atoms with Gasteiger partial charge in [0, 0.05) is 12.8 Å². The van der Waals surface area contributed by atoms with E-state index < -0.39 is 0 Å². The number of para-hydroxylation sites is 1. The fourth-order valence-corrected chi connectivity index (χ4v) is 1.39. The predicted octanol–water partition coefficient (Wildman–Crippen LogP) is 2.00. The average molecular weight is 218 g/mol. The molecule has 0 spiro atoms. The molecule has 0 fully saturated rings. The Morgan fingerprint density at radius 3 is 2.94 bits per heavy atom. The first-order valence-corrected chi connectivity index (χ1v) is 5.02. The molecule has 1 heterocycles. The zero-order valence-corrected chi connectivity index (χ0v) is 9.32. The zero-order chi connectivity index (χ0) is 11.4. The molecular weight excluding hydrogens is 204 g/mol. The number of aromatic amines is 1. The molecule has 0 unspecified atom stereocenters. The van der Waals surface area contributed by atoms with Gasteiger partial charge in [0.1, 0.15) is 6.61 Å². The number of hydrogen-bond acceptors (Lipinski definition) is 4. The van der Waals surface area contributed by atoms with Gasteiger partial charge in [-0.3, -0.25) is 5.10 Å². The van der Waals surface area contributed by atoms with Gasteiger partial charge < -0.3 is 10.1 Å². The standard InChI is InChI=1S/C11H14N4O/c1-8-5-3-4-6-9(8)12-11-13-10(7-16-2)14-15-11/h3-6H,7H2,1-2H3,(H2,12,13,14,15). The van der Waals surface area contributed by atoms with Crippen LogP contribution in [0.5, 0.6) is 0 Å². The summed E-state index contributed by atoms with van der Waals surface area (Å²) < 4.78 is 4.95. The van der Waals surface area contributed by atoms with Gasteiger partial charge in [-0.15, -0.1) is 5.10 Å². The number of H-pyrrole nitrogens is 1. The molecule has 0 saturated carbocycles. The Hall–Kier alpha value is -1.88. The summed E-state index contributed by atoms with van der Waals surface area (Å²) >= 11 is 0. The van der Waals surface area contributed by atoms with E-state index in [1.54, 1.807) is 7.11 Å². The second kappa shape index (κ2) is 4.76. The summed E-state index contributed by atoms with van der Waals surface area (Å²) in [6.45, 7) is 2.47. The Balaban J connectivity index is 2.11. The first kappa shape index (κ1) is 10.6. The lowest BCUT2D eigenvalue weighted by molar-refractivity contribution is 0.178. The second-order valence-corrected chi connectivity index (χ2v) is 3.48. The molecule has 0 bridgehead atoms. The largest absolute Gasteiger partial charge is 0.377 e. The maximum absolute atomic E-state index is 4.95. The molecule has 0 radical (unpaired) electrons. The van der Waals surface area contributed by atoms with Gasteiger partial charge in [-0.25, -0.2) is 0 Å². The summed E-state index contributed by atoms with van der Waals surface area (Å²) in [5.41, 5.74) is 2.16. The SMILES string of the molecule is COCc1nc(Nc2ccccc2C)n[nH]1. The van der Waals surface area contributed by atoms with Gasteiger partial charge in [0.25, 0.3) is 0 Å². The van der Waals surface area contributed by atoms with Crippen LogP contribution in [0.1, 0.15) is 11.4 Å². The van der Waals surface area contributed by atoms with Crippen molar-refractivity contribution >= 4 is 11.6 Å². The van der Waals surface area contributed by atoms with E-state index in [2.05, 4.69) is 20.5 Å². The first-order valence-electron chi connectivity index (χ1n) is 5.02. The van der Waals surface area contributed by atoms with Crippen molar-refractivity contribution in [1.29, 1.82) is 0 Å². The van der Waals surface area contributed by atoms with Crippen molar-refractivity contribution in [2.24, 2.45) is 0 Å². The van der Waals surface area contributed by atoms with Crippen molar-refractivity contribution in [1.82, 2.24) is 15.2 Å². The lowest BCUT2D eigenvalue weighted by Crippen LogP contribution is -1.95. The third-order valence-electron chi connectivity index (χ3n) is 2.20. The summed E-state index contributed by atoms with van der Waals surface area (Å²) in [5, 5.41) is 9.98. The summed E-state index contributed by atoms with van der Waals surface area (Å²) in [7, 11) is 1.62. The average Bonchev–Trinajstić information content (AvgIpc) is 2.70. The van der Waals surface area contributed by atoms with E-state index in [4.69, 9.17) is 4.74 Å². The number of nitrogens with zero attached hydrogens (tertiary/aromatic N) is 2. The van der Waals surface area contributed by atoms with Gasteiger partial charge in [-0.1, -0.05) is 18.2 Å². The molecule has 1 aromatic heterocycles. The minimum Gasteiger partial charge on any atom is -0.377 e. The smallest absolute Gasteiger partial charge is 0.246 e. The number of aromatic nitrogens is 3. The highest BCUT2D eigenvalue weighted by Crippen LogP contribution is 2.16. The molecule has 0 saturated heterocycles. The van der Waals surface area contributed by atoms with Crippen LogP contribution in [-0.2, 0) is 11.3 Å². The minimum atomic E-state index is 0.433. The van der Waals surface area contributed by atoms with Crippen molar-refractivity contribution in [3.05, 3.63) is 35.7 Å². The highest BCUT2D eigenvalue weighted by Gasteiger charge is 2.03. The van der Waals surface area contributed by atoms with E-state index in [1.807, 2.05) is 31.2 Å². The van der Waals surface area contributed by atoms with E-state index in [-0.39, 0.29) is 0 Å². The number of nitrogens with one attached hydrogen (secondary N) is 2. The topological polar surface area (TPSA) is 62.8 Å². The van der Waals surface area contributed by atoms with E-state index >= 15 is 0 Å². The predicted molar refractivity (Wildman–Crippen MR) is 61.6 cm³/mol. The van der Waals surface area contributed by atoms with Gasteiger partial charge in [0.05, 0.1) is 0 Å². The van der Waals surface area contributed by atoms with Crippen molar-refractivity contribution in [2.45, 2.75) is 13.5 Å². The van der Waals surface area contributed by atoms with Crippen molar-refractivity contribution in [3.8, 4) is 0 Å². The highest BCUT2D eigenvalue weighted by atomic mass is 16.5. The molecular formula is C11H14N4O. The Morgan fingerprint density at radius 1 is 1.38 bits per heavy atom. The van der Waals surface area contributed by atoms with E-state index in [0.29, 0.717) is 18.4 Å². The van der Waals surface area contributed by atoms with Crippen LogP contribution in [0.25, 0.3) is 0 Å². The molecule has 0 amide bonds. The highest BCUT2D eigenvalue weighted by molar-refractivity contribution is 5.57. The van der Waals surface area contributed by atoms with Crippen LogP contribution in [0.2, 0.25) is 0 Å². The van der Waals surface area contributed by atoms with Crippen molar-refractivity contribution in [3.63, 3.8) is 0 Å². The van der Waals surface area contributed by atoms with Crippen molar-refractivity contribution in [2.75, 3.05) is 12.4 Å². The molecule has 2 N–H and O–H groups in total. The van der Waals surface area contributed by atoms with Gasteiger partial charge in [0.15, 0.2) is 5.82 Å². The normalized spacial score (nSPS) is 10.4. The number of hydrogen-bond donors (Lipinski definition) is 2. The van der Waals surface area contributed by atoms with Crippen LogP contribution >= 0.6 is 0 Å². The molecule has 16 heavy (non-hydrogen) atoms. The van der Waals surface area contributed by atoms with E-state index in [1.165, 1.54) is 0 Å². The Labute approximate surface area is 93.9 Å². The minimum absolute atomic E-state index is 0.433. The Morgan fingerprint density at radius 2 is 2.19 bits per heavy atom. The maximum Gasteiger partial charge on any atom is 0.246 e. The molecule has 0 atom stereocenters. The molecule has 5 nitrogen and oxygen atoms in total. The molecule has 2 aromatic rings. The summed E-state index contributed by atoms with van der Waals surface area (Å²) in [4.78, 5) is 4.23. The van der Waals surface area contributed by atoms with E-state index in [9.17, 15) is 0 Å². The fourth-order valence-electron chi connectivity index (χ4n) is 1.39. The molecule has 0 aliphatic carbocycles. The quantitative estimate of drug-likeness (QED) is 0.824. The number of anilines is 2. The van der Waals surface area contributed by atoms with Gasteiger partial charge in [-0.2, -0.15) is 4.98 Å². The van der Waals surface area contributed by atoms with Crippen LogP contribution in [0.15, 0.2) is 24.3 Å². The van der Waals surface area contributed by atoms with Gasteiger partial charge in [0.2, 0.25) is 5.95 Å². The fraction of sp³-hybridized carbons (Fsp3) is 0.273. The monoisotopic (exact) mass is 218 g/mol. The second-order valence-electron chi connectivity index (χ2n) is 3.48. The number of aryl methyl sites for hydroxylation is 1. The molecule has 5 heteroatoms. The summed E-state index contributed by atoms with van der Waals surface area (Å²) in [5.74, 6) is 1.26. The lowest BCUT2D eigenvalue weighted by Gasteiger charge is -2.04. The number of benzene rings is 1. The van der Waals surface area contributed by atoms with Crippen LogP contribution in [0.3, 0.4) is 0 Å². The molecule has 0 aliphatic rings. The van der Waals surface area contributed by atoms with E-state index in [0.717, 1.165) is 11.3 Å². The number of methoxy groups -OCH3 is 1. The number of ether oxygens (including phenoxy) is 1. The lowest BCUT2D eigenvalue weighted by atomic mass is 10.2. The molecule has 1 aromatic carbocycles. The summed E-state index contributed by atoms with van der Waals surface area (Å²) in [6, 6.07) is 7.99. The van der Waals surface area contributed by atoms with Gasteiger partial charge in [-0.05, 0) is 18.6 Å². The Kier molecular flexibility index (Phi) is 3.16. The van der Waals surface area contributed by atoms with Crippen LogP contribution in [-0.4, -0.2) is 22.3 Å². The third kappa shape index (κ3) is 2.38. The first-order chi connectivity index (χ1) is 7.79. The molecule has 2 rings (SSSR count). The van der Waals surface area contributed by atoms with Crippen LogP contribution in [0, 0.1) is 6.92 Å². The Bertz CT molecular complexity index is 467. The number of rotatable bonds is 4. The van der Waals surface area contributed by atoms with Crippen LogP contribution in [0.4, 0.5) is 11.6 Å². The third-order valence-corrected chi connectivity index (χ3v) is 2.20.